The van der Waals surface area contributed by atoms with Crippen LogP contribution in [0.4, 0.5) is 4.79 Å². The van der Waals surface area contributed by atoms with Crippen molar-refractivity contribution in [2.75, 3.05) is 19.8 Å². The number of nitrogens with zero attached hydrogens (tertiary/aromatic N) is 1. The van der Waals surface area contributed by atoms with Gasteiger partial charge >= 0.3 is 6.03 Å². The van der Waals surface area contributed by atoms with Gasteiger partial charge in [-0.3, -0.25) is 14.5 Å². The molecule has 1 unspecified atom stereocenters. The highest BCUT2D eigenvalue weighted by Crippen LogP contribution is 2.36. The van der Waals surface area contributed by atoms with Gasteiger partial charge in [-0.05, 0) is 36.2 Å². The Morgan fingerprint density at radius 3 is 2.67 bits per heavy atom. The lowest BCUT2D eigenvalue weighted by Crippen LogP contribution is -2.43. The first kappa shape index (κ1) is 20.0. The van der Waals surface area contributed by atoms with Crippen LogP contribution in [0.15, 0.2) is 42.5 Å². The van der Waals surface area contributed by atoms with Crippen LogP contribution in [0.2, 0.25) is 5.02 Å². The molecule has 2 heterocycles. The summed E-state index contributed by atoms with van der Waals surface area (Å²) in [5, 5.41) is 5.89. The van der Waals surface area contributed by atoms with Crippen molar-refractivity contribution in [3.05, 3.63) is 58.6 Å². The van der Waals surface area contributed by atoms with Crippen molar-refractivity contribution in [3.8, 4) is 11.5 Å². The van der Waals surface area contributed by atoms with Crippen molar-refractivity contribution in [3.63, 3.8) is 0 Å². The molecule has 2 aromatic rings. The molecular formula is C21H20ClN3O5. The van der Waals surface area contributed by atoms with Crippen LogP contribution in [-0.4, -0.2) is 42.5 Å². The number of imide groups is 1. The van der Waals surface area contributed by atoms with Gasteiger partial charge < -0.3 is 20.1 Å². The number of urea groups is 1. The van der Waals surface area contributed by atoms with Crippen LogP contribution in [0.5, 0.6) is 11.5 Å². The number of hydrogen-bond acceptors (Lipinski definition) is 5. The van der Waals surface area contributed by atoms with E-state index < -0.39 is 29.9 Å². The van der Waals surface area contributed by atoms with E-state index >= 15 is 0 Å². The molecule has 8 nitrogen and oxygen atoms in total. The van der Waals surface area contributed by atoms with Crippen molar-refractivity contribution >= 4 is 29.4 Å². The van der Waals surface area contributed by atoms with E-state index in [4.69, 9.17) is 21.1 Å². The fourth-order valence-corrected chi connectivity index (χ4v) is 3.63. The number of nitrogens with one attached hydrogen (secondary N) is 2. The third-order valence-corrected chi connectivity index (χ3v) is 5.50. The van der Waals surface area contributed by atoms with Crippen LogP contribution in [0, 0.1) is 0 Å². The number of rotatable bonds is 5. The molecule has 2 aliphatic rings. The molecule has 4 rings (SSSR count). The van der Waals surface area contributed by atoms with Crippen molar-refractivity contribution in [1.29, 1.82) is 0 Å². The fraction of sp³-hybridized carbons (Fsp3) is 0.286. The lowest BCUT2D eigenvalue weighted by atomic mass is 9.91. The first-order valence-corrected chi connectivity index (χ1v) is 9.80. The van der Waals surface area contributed by atoms with E-state index in [0.29, 0.717) is 35.3 Å². The maximum atomic E-state index is 13.0. The molecule has 30 heavy (non-hydrogen) atoms. The topological polar surface area (TPSA) is 97.0 Å². The number of fused-ring (bicyclic) bond motifs is 1. The molecule has 0 radical (unpaired) electrons. The Labute approximate surface area is 178 Å². The Hall–Kier alpha value is -3.26. The minimum absolute atomic E-state index is 0.196. The van der Waals surface area contributed by atoms with Gasteiger partial charge in [-0.2, -0.15) is 0 Å². The minimum Gasteiger partial charge on any atom is -0.486 e. The molecule has 2 aliphatic heterocycles. The van der Waals surface area contributed by atoms with Gasteiger partial charge in [0.25, 0.3) is 5.91 Å². The predicted molar refractivity (Wildman–Crippen MR) is 108 cm³/mol. The summed E-state index contributed by atoms with van der Waals surface area (Å²) in [6.45, 7) is 2.26. The second kappa shape index (κ2) is 7.87. The summed E-state index contributed by atoms with van der Waals surface area (Å²) in [7, 11) is 0. The Morgan fingerprint density at radius 2 is 1.90 bits per heavy atom. The molecular weight excluding hydrogens is 410 g/mol. The number of carbonyl (C=O) groups excluding carboxylic acids is 3. The third-order valence-electron chi connectivity index (χ3n) is 5.13. The average Bonchev–Trinajstić information content (AvgIpc) is 2.96. The van der Waals surface area contributed by atoms with Crippen molar-refractivity contribution in [2.45, 2.75) is 19.0 Å². The van der Waals surface area contributed by atoms with Gasteiger partial charge in [-0.15, -0.1) is 0 Å². The van der Waals surface area contributed by atoms with Gasteiger partial charge in [0.05, 0.1) is 0 Å². The number of halogens is 1. The maximum Gasteiger partial charge on any atom is 0.325 e. The zero-order valence-electron chi connectivity index (χ0n) is 16.2. The van der Waals surface area contributed by atoms with Crippen LogP contribution in [0.3, 0.4) is 0 Å². The normalized spacial score (nSPS) is 20.1. The SMILES string of the molecule is CC1(c2ccc3c(c2)OCCO3)NC(=O)N(CC(=O)NCc2ccccc2Cl)C1=O. The standard InChI is InChI=1S/C21H20ClN3O5/c1-21(14-6-7-16-17(10-14)30-9-8-29-16)19(27)25(20(28)24-21)12-18(26)23-11-13-4-2-3-5-15(13)22/h2-7,10H,8-9,11-12H2,1H3,(H,23,26)(H,24,28). The van der Waals surface area contributed by atoms with Gasteiger partial charge in [-0.25, -0.2) is 4.79 Å². The Bertz CT molecular complexity index is 1030. The Kier molecular flexibility index (Phi) is 5.26. The largest absolute Gasteiger partial charge is 0.486 e. The van der Waals surface area contributed by atoms with Crippen LogP contribution >= 0.6 is 11.6 Å². The summed E-state index contributed by atoms with van der Waals surface area (Å²) in [5.41, 5.74) is -0.0226. The maximum absolute atomic E-state index is 13.0. The van der Waals surface area contributed by atoms with Gasteiger partial charge in [0.1, 0.15) is 25.3 Å². The molecule has 0 aliphatic carbocycles. The highest BCUT2D eigenvalue weighted by molar-refractivity contribution is 6.31. The van der Waals surface area contributed by atoms with Gasteiger partial charge in [0, 0.05) is 11.6 Å². The van der Waals surface area contributed by atoms with Crippen LogP contribution in [-0.2, 0) is 21.7 Å². The number of amides is 4. The molecule has 1 fully saturated rings. The molecule has 1 saturated heterocycles. The highest BCUT2D eigenvalue weighted by atomic mass is 35.5. The summed E-state index contributed by atoms with van der Waals surface area (Å²) in [4.78, 5) is 38.8. The second-order valence-corrected chi connectivity index (χ2v) is 7.58. The van der Waals surface area contributed by atoms with E-state index in [1.165, 1.54) is 0 Å². The quantitative estimate of drug-likeness (QED) is 0.710. The average molecular weight is 430 g/mol. The molecule has 2 aromatic carbocycles. The first-order chi connectivity index (χ1) is 14.4. The van der Waals surface area contributed by atoms with Crippen LogP contribution in [0.25, 0.3) is 0 Å². The smallest absolute Gasteiger partial charge is 0.325 e. The zero-order chi connectivity index (χ0) is 21.3. The Morgan fingerprint density at radius 1 is 1.17 bits per heavy atom. The van der Waals surface area contributed by atoms with Gasteiger partial charge in [0.15, 0.2) is 11.5 Å². The molecule has 0 aromatic heterocycles. The van der Waals surface area contributed by atoms with E-state index in [2.05, 4.69) is 10.6 Å². The molecule has 0 saturated carbocycles. The van der Waals surface area contributed by atoms with E-state index in [1.54, 1.807) is 43.3 Å². The van der Waals surface area contributed by atoms with Crippen molar-refractivity contribution in [2.24, 2.45) is 0 Å². The van der Waals surface area contributed by atoms with Gasteiger partial charge in [0.2, 0.25) is 5.91 Å². The molecule has 4 amide bonds. The number of hydrogen-bond donors (Lipinski definition) is 2. The monoisotopic (exact) mass is 429 g/mol. The first-order valence-electron chi connectivity index (χ1n) is 9.43. The number of ether oxygens (including phenoxy) is 2. The van der Waals surface area contributed by atoms with Crippen LogP contribution < -0.4 is 20.1 Å². The number of benzene rings is 2. The fourth-order valence-electron chi connectivity index (χ4n) is 3.43. The summed E-state index contributed by atoms with van der Waals surface area (Å²) in [6.07, 6.45) is 0. The lowest BCUT2D eigenvalue weighted by Gasteiger charge is -2.25. The Balaban J connectivity index is 1.46. The molecule has 9 heteroatoms. The molecule has 2 N–H and O–H groups in total. The van der Waals surface area contributed by atoms with Gasteiger partial charge in [-0.1, -0.05) is 35.9 Å². The molecule has 1 atom stereocenters. The van der Waals surface area contributed by atoms with Crippen LogP contribution in [0.1, 0.15) is 18.1 Å². The van der Waals surface area contributed by atoms with E-state index in [1.807, 2.05) is 6.07 Å². The van der Waals surface area contributed by atoms with Crippen molar-refractivity contribution in [1.82, 2.24) is 15.5 Å². The van der Waals surface area contributed by atoms with E-state index in [-0.39, 0.29) is 6.54 Å². The number of carbonyl (C=O) groups is 3. The summed E-state index contributed by atoms with van der Waals surface area (Å²) < 4.78 is 11.1. The lowest BCUT2D eigenvalue weighted by molar-refractivity contribution is -0.134. The predicted octanol–water partition coefficient (Wildman–Crippen LogP) is 2.19. The third kappa shape index (κ3) is 3.66. The van der Waals surface area contributed by atoms with E-state index in [0.717, 1.165) is 10.5 Å². The van der Waals surface area contributed by atoms with E-state index in [9.17, 15) is 14.4 Å². The minimum atomic E-state index is -1.31. The summed E-state index contributed by atoms with van der Waals surface area (Å²) in [5.74, 6) is 0.112. The second-order valence-electron chi connectivity index (χ2n) is 7.17. The zero-order valence-corrected chi connectivity index (χ0v) is 17.0. The molecule has 156 valence electrons. The van der Waals surface area contributed by atoms with Crippen molar-refractivity contribution < 1.29 is 23.9 Å². The molecule has 0 bridgehead atoms. The summed E-state index contributed by atoms with van der Waals surface area (Å²) in [6, 6.07) is 11.6. The summed E-state index contributed by atoms with van der Waals surface area (Å²) >= 11 is 6.08. The highest BCUT2D eigenvalue weighted by Gasteiger charge is 2.49. The molecule has 0 spiro atoms.